The van der Waals surface area contributed by atoms with E-state index in [-0.39, 0.29) is 28.5 Å². The predicted octanol–water partition coefficient (Wildman–Crippen LogP) is 8.06. The first kappa shape index (κ1) is 38.8. The summed E-state index contributed by atoms with van der Waals surface area (Å²) in [6, 6.07) is 15.4. The minimum atomic E-state index is -0.407. The molecular formula is C45H56N2O9. The van der Waals surface area contributed by atoms with Crippen LogP contribution in [0.3, 0.4) is 0 Å². The number of hydrogen-bond acceptors (Lipinski definition) is 10. The van der Waals surface area contributed by atoms with Crippen molar-refractivity contribution >= 4 is 17.6 Å². The van der Waals surface area contributed by atoms with Crippen LogP contribution in [0.4, 0.5) is 5.69 Å². The molecule has 4 atom stereocenters. The van der Waals surface area contributed by atoms with Crippen LogP contribution in [-0.2, 0) is 34.5 Å². The molecule has 2 aliphatic carbocycles. The Bertz CT molecular complexity index is 1920. The number of nitrogens with zero attached hydrogens (tertiary/aromatic N) is 1. The molecule has 5 heterocycles. The molecule has 1 aromatic heterocycles. The van der Waals surface area contributed by atoms with Crippen molar-refractivity contribution in [1.29, 1.82) is 0 Å². The smallest absolute Gasteiger partial charge is 0.337 e. The van der Waals surface area contributed by atoms with Crippen LogP contribution in [0.5, 0.6) is 11.5 Å². The number of pyridine rings is 1. The molecular weight excluding hydrogens is 713 g/mol. The minimum Gasteiger partial charge on any atom is -0.493 e. The van der Waals surface area contributed by atoms with Gasteiger partial charge in [0.05, 0.1) is 63.7 Å². The lowest BCUT2D eigenvalue weighted by molar-refractivity contribution is -0.199. The maximum Gasteiger partial charge on any atom is 0.337 e. The highest BCUT2D eigenvalue weighted by Gasteiger charge is 2.55. The van der Waals surface area contributed by atoms with Gasteiger partial charge in [0, 0.05) is 59.4 Å². The van der Waals surface area contributed by atoms with Gasteiger partial charge in [0.25, 0.3) is 5.91 Å². The van der Waals surface area contributed by atoms with Crippen molar-refractivity contribution in [2.75, 3.05) is 52.1 Å². The Labute approximate surface area is 330 Å². The number of methoxy groups -OCH3 is 1. The molecule has 4 aliphatic heterocycles. The van der Waals surface area contributed by atoms with Gasteiger partial charge in [-0.25, -0.2) is 4.79 Å². The van der Waals surface area contributed by atoms with Crippen LogP contribution in [0.1, 0.15) is 116 Å². The van der Waals surface area contributed by atoms with E-state index in [2.05, 4.69) is 36.3 Å². The van der Waals surface area contributed by atoms with E-state index < -0.39 is 5.79 Å². The number of hydrogen-bond donors (Lipinski definition) is 1. The van der Waals surface area contributed by atoms with E-state index in [0.29, 0.717) is 62.6 Å². The van der Waals surface area contributed by atoms with Gasteiger partial charge < -0.3 is 38.5 Å². The number of anilines is 1. The highest BCUT2D eigenvalue weighted by Crippen LogP contribution is 2.57. The van der Waals surface area contributed by atoms with Gasteiger partial charge in [0.1, 0.15) is 11.5 Å². The van der Waals surface area contributed by atoms with Crippen LogP contribution in [0.2, 0.25) is 0 Å². The second-order valence-corrected chi connectivity index (χ2v) is 16.3. The lowest BCUT2D eigenvalue weighted by Crippen LogP contribution is -2.48. The Morgan fingerprint density at radius 1 is 0.732 bits per heavy atom. The second-order valence-electron chi connectivity index (χ2n) is 16.3. The predicted molar refractivity (Wildman–Crippen MR) is 209 cm³/mol. The number of amides is 1. The van der Waals surface area contributed by atoms with Crippen LogP contribution >= 0.6 is 0 Å². The third kappa shape index (κ3) is 6.99. The van der Waals surface area contributed by atoms with Crippen molar-refractivity contribution in [1.82, 2.24) is 4.98 Å². The standard InChI is InChI=1S/C25H30N2O4.C20H26O5/c1-3-24-9-10-25(30-13-14-31-25)16-19(24)8-12-29-22-15-18(6-7-20(22)24)23(28)27-21-5-4-11-26-17(21)2;1-3-19-7-8-20(24-10-11-25-20)13-15(19)6-9-23-17-12-14(18(21)22-2)4-5-16(17)19/h4-7,11,15,19H,3,8-10,12-14,16H2,1-2H3,(H,27,28);4-5,12,15H,3,6-11,13H2,1-2H3/t19-,24+;15-,19+/m00/s1. The molecule has 11 heteroatoms. The van der Waals surface area contributed by atoms with Gasteiger partial charge in [0.2, 0.25) is 0 Å². The number of aromatic nitrogens is 1. The van der Waals surface area contributed by atoms with Crippen molar-refractivity contribution in [2.24, 2.45) is 11.8 Å². The summed E-state index contributed by atoms with van der Waals surface area (Å²) in [6.07, 6.45) is 11.4. The van der Waals surface area contributed by atoms with Gasteiger partial charge >= 0.3 is 5.97 Å². The number of benzene rings is 2. The highest BCUT2D eigenvalue weighted by molar-refractivity contribution is 6.04. The van der Waals surface area contributed by atoms with Crippen molar-refractivity contribution in [3.05, 3.63) is 82.7 Å². The molecule has 2 aromatic carbocycles. The quantitative estimate of drug-likeness (QED) is 0.255. The molecule has 2 saturated carbocycles. The van der Waals surface area contributed by atoms with E-state index >= 15 is 0 Å². The fourth-order valence-corrected chi connectivity index (χ4v) is 10.8. The van der Waals surface area contributed by atoms with Crippen molar-refractivity contribution in [2.45, 2.75) is 107 Å². The third-order valence-corrected chi connectivity index (χ3v) is 13.9. The summed E-state index contributed by atoms with van der Waals surface area (Å²) in [6.45, 7) is 10.5. The fourth-order valence-electron chi connectivity index (χ4n) is 10.8. The molecule has 2 saturated heterocycles. The number of rotatable bonds is 5. The van der Waals surface area contributed by atoms with Crippen molar-refractivity contribution in [3.63, 3.8) is 0 Å². The lowest BCUT2D eigenvalue weighted by Gasteiger charge is -2.49. The van der Waals surface area contributed by atoms with E-state index in [1.165, 1.54) is 18.2 Å². The molecule has 6 aliphatic rings. The fraction of sp³-hybridized carbons (Fsp3) is 0.578. The summed E-state index contributed by atoms with van der Waals surface area (Å²) in [5, 5.41) is 2.97. The SMILES string of the molecule is CC[C@@]12CCC3(C[C@@H]1CCOc1cc(C(=O)Nc4cccnc4C)ccc12)OCCO3.CC[C@@]12CCC3(C[C@@H]1CCOc1cc(C(=O)OC)ccc12)OCCO3. The van der Waals surface area contributed by atoms with Crippen LogP contribution in [-0.4, -0.2) is 75.2 Å². The summed E-state index contributed by atoms with van der Waals surface area (Å²) in [4.78, 5) is 29.0. The molecule has 4 fully saturated rings. The topological polar surface area (TPSA) is 124 Å². The molecule has 0 radical (unpaired) electrons. The molecule has 9 rings (SSSR count). The van der Waals surface area contributed by atoms with Crippen molar-refractivity contribution in [3.8, 4) is 11.5 Å². The van der Waals surface area contributed by atoms with Crippen LogP contribution in [0, 0.1) is 18.8 Å². The summed E-state index contributed by atoms with van der Waals surface area (Å²) in [5.41, 5.74) is 5.19. The molecule has 0 bridgehead atoms. The van der Waals surface area contributed by atoms with E-state index in [1.807, 2.05) is 43.3 Å². The zero-order valence-corrected chi connectivity index (χ0v) is 33.3. The van der Waals surface area contributed by atoms with Gasteiger partial charge in [-0.3, -0.25) is 9.78 Å². The first-order chi connectivity index (χ1) is 27.2. The Balaban J connectivity index is 0.000000161. The Morgan fingerprint density at radius 3 is 1.75 bits per heavy atom. The first-order valence-corrected chi connectivity index (χ1v) is 20.6. The number of nitrogens with one attached hydrogen (secondary N) is 1. The van der Waals surface area contributed by atoms with Crippen LogP contribution in [0.15, 0.2) is 54.7 Å². The Morgan fingerprint density at radius 2 is 1.25 bits per heavy atom. The average Bonchev–Trinajstić information content (AvgIpc) is 3.81. The third-order valence-electron chi connectivity index (χ3n) is 13.9. The van der Waals surface area contributed by atoms with Gasteiger partial charge in [-0.2, -0.15) is 0 Å². The molecule has 3 aromatic rings. The molecule has 11 nitrogen and oxygen atoms in total. The number of esters is 1. The Kier molecular flexibility index (Phi) is 10.9. The number of fused-ring (bicyclic) bond motifs is 6. The summed E-state index contributed by atoms with van der Waals surface area (Å²) in [7, 11) is 1.40. The van der Waals surface area contributed by atoms with Crippen LogP contribution < -0.4 is 14.8 Å². The summed E-state index contributed by atoms with van der Waals surface area (Å²) >= 11 is 0. The number of carbonyl (C=O) groups is 2. The number of ether oxygens (including phenoxy) is 7. The normalized spacial score (nSPS) is 28.1. The minimum absolute atomic E-state index is 0.0291. The molecule has 56 heavy (non-hydrogen) atoms. The second kappa shape index (κ2) is 15.7. The van der Waals surface area contributed by atoms with E-state index in [1.54, 1.807) is 6.20 Å². The van der Waals surface area contributed by atoms with Crippen LogP contribution in [0.25, 0.3) is 0 Å². The van der Waals surface area contributed by atoms with Crippen molar-refractivity contribution < 1.29 is 42.7 Å². The van der Waals surface area contributed by atoms with Gasteiger partial charge in [-0.05, 0) is 93.7 Å². The number of aryl methyl sites for hydroxylation is 1. The molecule has 2 spiro atoms. The maximum absolute atomic E-state index is 12.9. The largest absolute Gasteiger partial charge is 0.493 e. The zero-order chi connectivity index (χ0) is 39.0. The van der Waals surface area contributed by atoms with Gasteiger partial charge in [-0.15, -0.1) is 0 Å². The van der Waals surface area contributed by atoms with Gasteiger partial charge in [-0.1, -0.05) is 26.0 Å². The molecule has 1 amide bonds. The zero-order valence-electron chi connectivity index (χ0n) is 33.3. The summed E-state index contributed by atoms with van der Waals surface area (Å²) in [5.74, 6) is 1.28. The molecule has 300 valence electrons. The molecule has 1 N–H and O–H groups in total. The molecule has 0 unspecified atom stereocenters. The summed E-state index contributed by atoms with van der Waals surface area (Å²) < 4.78 is 41.2. The highest BCUT2D eigenvalue weighted by atomic mass is 16.7. The monoisotopic (exact) mass is 768 g/mol. The van der Waals surface area contributed by atoms with Gasteiger partial charge in [0.15, 0.2) is 11.6 Å². The number of carbonyl (C=O) groups excluding carboxylic acids is 2. The van der Waals surface area contributed by atoms with E-state index in [4.69, 9.17) is 33.2 Å². The maximum atomic E-state index is 12.9. The van der Waals surface area contributed by atoms with E-state index in [9.17, 15) is 9.59 Å². The van der Waals surface area contributed by atoms with E-state index in [0.717, 1.165) is 87.1 Å². The Hall–Kier alpha value is -4.03. The lowest BCUT2D eigenvalue weighted by atomic mass is 9.59. The average molecular weight is 769 g/mol. The first-order valence-electron chi connectivity index (χ1n) is 20.6.